The quantitative estimate of drug-likeness (QED) is 0.387. The van der Waals surface area contributed by atoms with Gasteiger partial charge in [-0.1, -0.05) is 23.4 Å². The van der Waals surface area contributed by atoms with Crippen LogP contribution in [0.3, 0.4) is 0 Å². The summed E-state index contributed by atoms with van der Waals surface area (Å²) in [6, 6.07) is 8.36. The molecular weight excluding hydrogens is 458 g/mol. The maximum atomic E-state index is 12.5. The number of aryl methyl sites for hydroxylation is 1. The van der Waals surface area contributed by atoms with E-state index in [1.54, 1.807) is 30.6 Å². The third kappa shape index (κ3) is 4.52. The molecule has 1 aliphatic heterocycles. The number of hydrogen-bond donors (Lipinski definition) is 2. The van der Waals surface area contributed by atoms with Crippen LogP contribution in [0.15, 0.2) is 52.1 Å². The molecule has 12 heteroatoms. The molecule has 0 saturated carbocycles. The molecule has 0 radical (unpaired) electrons. The molecule has 0 spiro atoms. The molecule has 2 N–H and O–H groups in total. The van der Waals surface area contributed by atoms with Crippen molar-refractivity contribution in [1.82, 2.24) is 29.6 Å². The van der Waals surface area contributed by atoms with Crippen LogP contribution in [-0.2, 0) is 27.8 Å². The Hall–Kier alpha value is -3.35. The van der Waals surface area contributed by atoms with Crippen molar-refractivity contribution >= 4 is 26.7 Å². The Morgan fingerprint density at radius 2 is 1.94 bits per heavy atom. The van der Waals surface area contributed by atoms with Gasteiger partial charge in [-0.2, -0.15) is 10.1 Å². The number of rotatable bonds is 8. The Morgan fingerprint density at radius 1 is 1.15 bits per heavy atom. The number of pyridine rings is 1. The van der Waals surface area contributed by atoms with Gasteiger partial charge in [0.25, 0.3) is 5.89 Å². The van der Waals surface area contributed by atoms with Gasteiger partial charge in [0.05, 0.1) is 34.3 Å². The number of nitrogens with zero attached hydrogens (tertiary/aromatic N) is 5. The molecule has 11 nitrogen and oxygen atoms in total. The van der Waals surface area contributed by atoms with E-state index in [-0.39, 0.29) is 29.2 Å². The third-order valence-corrected chi connectivity index (χ3v) is 7.12. The van der Waals surface area contributed by atoms with Gasteiger partial charge in [0.2, 0.25) is 10.0 Å². The predicted molar refractivity (Wildman–Crippen MR) is 124 cm³/mol. The normalized spacial score (nSPS) is 15.1. The highest BCUT2D eigenvalue weighted by Gasteiger charge is 2.23. The van der Waals surface area contributed by atoms with Crippen molar-refractivity contribution in [2.75, 3.05) is 18.5 Å². The van der Waals surface area contributed by atoms with E-state index in [0.29, 0.717) is 25.3 Å². The van der Waals surface area contributed by atoms with Gasteiger partial charge in [-0.05, 0) is 31.9 Å². The molecule has 34 heavy (non-hydrogen) atoms. The fraction of sp³-hybridized carbons (Fsp3) is 0.364. The van der Waals surface area contributed by atoms with Gasteiger partial charge in [0.15, 0.2) is 11.5 Å². The lowest BCUT2D eigenvalue weighted by atomic mass is 10.1. The summed E-state index contributed by atoms with van der Waals surface area (Å²) in [7, 11) is -3.69. The molecule has 178 valence electrons. The molecular formula is C22H25N7O4S. The molecule has 3 aromatic heterocycles. The van der Waals surface area contributed by atoms with Gasteiger partial charge in [0, 0.05) is 32.0 Å². The van der Waals surface area contributed by atoms with Crippen molar-refractivity contribution in [3.63, 3.8) is 0 Å². The lowest BCUT2D eigenvalue weighted by Gasteiger charge is -2.25. The topological polar surface area (TPSA) is 137 Å². The second kappa shape index (κ2) is 9.49. The summed E-state index contributed by atoms with van der Waals surface area (Å²) >= 11 is 0. The van der Waals surface area contributed by atoms with E-state index < -0.39 is 10.0 Å². The molecule has 4 aromatic rings. The number of hydrogen-bond acceptors (Lipinski definition) is 9. The molecule has 0 bridgehead atoms. The smallest absolute Gasteiger partial charge is 0.261 e. The first-order valence-corrected chi connectivity index (χ1v) is 12.6. The Bertz CT molecular complexity index is 1380. The summed E-state index contributed by atoms with van der Waals surface area (Å²) < 4.78 is 40.3. The highest BCUT2D eigenvalue weighted by atomic mass is 32.2. The minimum Gasteiger partial charge on any atom is -0.381 e. The van der Waals surface area contributed by atoms with Crippen molar-refractivity contribution < 1.29 is 17.7 Å². The molecule has 0 atom stereocenters. The van der Waals surface area contributed by atoms with Crippen LogP contribution in [0, 0.1) is 0 Å². The highest BCUT2D eigenvalue weighted by molar-refractivity contribution is 7.89. The van der Waals surface area contributed by atoms with Crippen LogP contribution in [0.5, 0.6) is 0 Å². The second-order valence-corrected chi connectivity index (χ2v) is 9.70. The van der Waals surface area contributed by atoms with Crippen LogP contribution in [0.1, 0.15) is 25.6 Å². The Balaban J connectivity index is 1.43. The van der Waals surface area contributed by atoms with Crippen LogP contribution in [0.4, 0.5) is 5.69 Å². The largest absolute Gasteiger partial charge is 0.381 e. The van der Waals surface area contributed by atoms with Gasteiger partial charge in [-0.3, -0.25) is 0 Å². The molecule has 5 rings (SSSR count). The van der Waals surface area contributed by atoms with Gasteiger partial charge in [-0.25, -0.2) is 22.8 Å². The van der Waals surface area contributed by atoms with Crippen molar-refractivity contribution in [2.45, 2.75) is 43.8 Å². The molecule has 0 unspecified atom stereocenters. The summed E-state index contributed by atoms with van der Waals surface area (Å²) in [5, 5.41) is 12.9. The number of sulfonamides is 1. The van der Waals surface area contributed by atoms with Crippen molar-refractivity contribution in [3.8, 4) is 11.5 Å². The minimum atomic E-state index is -3.69. The highest BCUT2D eigenvalue weighted by Crippen LogP contribution is 2.34. The number of fused-ring (bicyclic) bond motifs is 1. The van der Waals surface area contributed by atoms with Crippen LogP contribution < -0.4 is 10.0 Å². The van der Waals surface area contributed by atoms with Gasteiger partial charge in [-0.15, -0.1) is 0 Å². The van der Waals surface area contributed by atoms with E-state index in [0.717, 1.165) is 29.6 Å². The average Bonchev–Trinajstić information content (AvgIpc) is 3.51. The molecule has 1 aromatic carbocycles. The maximum Gasteiger partial charge on any atom is 0.261 e. The zero-order chi connectivity index (χ0) is 23.5. The maximum absolute atomic E-state index is 12.5. The first kappa shape index (κ1) is 22.4. The first-order chi connectivity index (χ1) is 16.5. The van der Waals surface area contributed by atoms with E-state index in [1.165, 1.54) is 12.1 Å². The van der Waals surface area contributed by atoms with E-state index in [9.17, 15) is 8.42 Å². The minimum absolute atomic E-state index is 0.104. The second-order valence-electron chi connectivity index (χ2n) is 7.93. The molecule has 1 fully saturated rings. The third-order valence-electron chi connectivity index (χ3n) is 5.71. The molecule has 4 heterocycles. The Labute approximate surface area is 196 Å². The summed E-state index contributed by atoms with van der Waals surface area (Å²) in [5.74, 6) is 0.470. The number of anilines is 1. The van der Waals surface area contributed by atoms with Crippen molar-refractivity contribution in [1.29, 1.82) is 0 Å². The van der Waals surface area contributed by atoms with Crippen LogP contribution >= 0.6 is 0 Å². The summed E-state index contributed by atoms with van der Waals surface area (Å²) in [6.45, 7) is 3.99. The Kier molecular flexibility index (Phi) is 6.26. The van der Waals surface area contributed by atoms with Crippen LogP contribution in [0.2, 0.25) is 0 Å². The summed E-state index contributed by atoms with van der Waals surface area (Å²) in [6.07, 6.45) is 5.22. The zero-order valence-electron chi connectivity index (χ0n) is 18.6. The van der Waals surface area contributed by atoms with E-state index in [2.05, 4.69) is 30.3 Å². The fourth-order valence-electron chi connectivity index (χ4n) is 3.90. The standard InChI is InChI=1S/C22H25N7O4S/c1-2-29-21-17(13-24-29)20(26-15-8-10-32-11-9-15)18(12-23-21)22-27-19(28-33-22)14-25-34(30,31)16-6-4-3-5-7-16/h3-7,12-13,15,25H,2,8-11,14H2,1H3,(H,23,26). The predicted octanol–water partition coefficient (Wildman–Crippen LogP) is 2.57. The lowest BCUT2D eigenvalue weighted by Crippen LogP contribution is -2.28. The van der Waals surface area contributed by atoms with Crippen molar-refractivity contribution in [2.24, 2.45) is 0 Å². The Morgan fingerprint density at radius 3 is 2.71 bits per heavy atom. The lowest BCUT2D eigenvalue weighted by molar-refractivity contribution is 0.0905. The number of nitrogens with one attached hydrogen (secondary N) is 2. The number of aromatic nitrogens is 5. The number of benzene rings is 1. The average molecular weight is 484 g/mol. The molecule has 1 aliphatic rings. The van der Waals surface area contributed by atoms with Gasteiger partial charge < -0.3 is 14.6 Å². The van der Waals surface area contributed by atoms with E-state index >= 15 is 0 Å². The van der Waals surface area contributed by atoms with E-state index in [1.807, 2.05) is 11.6 Å². The summed E-state index contributed by atoms with van der Waals surface area (Å²) in [5.41, 5.74) is 2.21. The molecule has 0 aliphatic carbocycles. The zero-order valence-corrected chi connectivity index (χ0v) is 19.5. The van der Waals surface area contributed by atoms with Gasteiger partial charge in [0.1, 0.15) is 0 Å². The number of ether oxygens (including phenoxy) is 1. The van der Waals surface area contributed by atoms with Crippen LogP contribution in [0.25, 0.3) is 22.5 Å². The molecule has 0 amide bonds. The van der Waals surface area contributed by atoms with Crippen molar-refractivity contribution in [3.05, 3.63) is 48.5 Å². The first-order valence-electron chi connectivity index (χ1n) is 11.1. The SMILES string of the molecule is CCn1ncc2c(NC3CCOCC3)c(-c3nc(CNS(=O)(=O)c4ccccc4)no3)cnc21. The van der Waals surface area contributed by atoms with Gasteiger partial charge >= 0.3 is 0 Å². The summed E-state index contributed by atoms with van der Waals surface area (Å²) in [4.78, 5) is 9.17. The molecule has 1 saturated heterocycles. The fourth-order valence-corrected chi connectivity index (χ4v) is 4.90. The van der Waals surface area contributed by atoms with E-state index in [4.69, 9.17) is 9.26 Å². The van der Waals surface area contributed by atoms with Crippen LogP contribution in [-0.4, -0.2) is 52.6 Å². The monoisotopic (exact) mass is 483 g/mol.